The van der Waals surface area contributed by atoms with E-state index in [1.165, 1.54) is 24.3 Å². The number of fused-ring (bicyclic) bond motifs is 6. The minimum atomic E-state index is -0.348. The molecule has 0 unspecified atom stereocenters. The number of aliphatic hydroxyl groups is 1. The molecule has 2 aliphatic rings. The van der Waals surface area contributed by atoms with Crippen molar-refractivity contribution in [3.63, 3.8) is 0 Å². The van der Waals surface area contributed by atoms with E-state index >= 15 is 0 Å². The van der Waals surface area contributed by atoms with Crippen LogP contribution >= 0.6 is 0 Å². The number of rotatable bonds is 6. The molecular weight excluding hydrogens is 711 g/mol. The Morgan fingerprint density at radius 2 is 1.04 bits per heavy atom. The maximum atomic E-state index is 13.5. The second-order valence-electron chi connectivity index (χ2n) is 14.3. The summed E-state index contributed by atoms with van der Waals surface area (Å²) in [6.07, 6.45) is 0.805. The van der Waals surface area contributed by atoms with Crippen molar-refractivity contribution >= 4 is 18.1 Å². The lowest BCUT2D eigenvalue weighted by Crippen LogP contribution is -2.21. The molecule has 3 N–H and O–H groups in total. The van der Waals surface area contributed by atoms with Gasteiger partial charge in [-0.15, -0.1) is 0 Å². The van der Waals surface area contributed by atoms with Gasteiger partial charge in [-0.1, -0.05) is 88.4 Å². The number of carbonyl (C=O) groups is 3. The standard InChI is InChI=1S/C23H21FN2O2.C23H19FN2O2/c2*1-13(2)21-19(12-27)20(14-7-9-15(24)10-8-14)18-11-25-23(28)17-6-4-3-5-16(17)22(18)26-21/h3-10,13,27H,11-12H2,1-2H3,(H,25,28);3-10,12-13H,11H2,1-2H3,(H,25,28). The predicted octanol–water partition coefficient (Wildman–Crippen LogP) is 9.15. The van der Waals surface area contributed by atoms with Gasteiger partial charge in [0.25, 0.3) is 11.8 Å². The third-order valence-electron chi connectivity index (χ3n) is 10.1. The van der Waals surface area contributed by atoms with Crippen LogP contribution < -0.4 is 10.6 Å². The molecule has 2 aromatic heterocycles. The Labute approximate surface area is 323 Å². The van der Waals surface area contributed by atoms with Crippen LogP contribution in [0.3, 0.4) is 0 Å². The van der Waals surface area contributed by atoms with E-state index in [2.05, 4.69) is 10.6 Å². The molecule has 0 bridgehead atoms. The minimum Gasteiger partial charge on any atom is -0.392 e. The van der Waals surface area contributed by atoms with Crippen LogP contribution in [0.2, 0.25) is 0 Å². The molecule has 10 heteroatoms. The van der Waals surface area contributed by atoms with E-state index in [4.69, 9.17) is 9.97 Å². The molecule has 0 aliphatic carbocycles. The van der Waals surface area contributed by atoms with Gasteiger partial charge in [-0.3, -0.25) is 24.4 Å². The lowest BCUT2D eigenvalue weighted by atomic mass is 9.88. The molecule has 8 nitrogen and oxygen atoms in total. The molecule has 0 saturated heterocycles. The molecule has 0 atom stereocenters. The Bertz CT molecular complexity index is 2500. The normalized spacial score (nSPS) is 12.9. The lowest BCUT2D eigenvalue weighted by Gasteiger charge is -2.22. The highest BCUT2D eigenvalue weighted by atomic mass is 19.1. The number of nitrogens with zero attached hydrogens (tertiary/aromatic N) is 2. The molecule has 0 spiro atoms. The number of amides is 2. The number of aromatic nitrogens is 2. The first-order valence-corrected chi connectivity index (χ1v) is 18.5. The van der Waals surface area contributed by atoms with E-state index in [1.807, 2.05) is 64.1 Å². The van der Waals surface area contributed by atoms with E-state index in [-0.39, 0.29) is 55.0 Å². The number of hydrogen-bond donors (Lipinski definition) is 3. The van der Waals surface area contributed by atoms with Crippen LogP contribution in [0.25, 0.3) is 44.8 Å². The first-order chi connectivity index (χ1) is 27.0. The van der Waals surface area contributed by atoms with Crippen LogP contribution in [0.15, 0.2) is 97.1 Å². The summed E-state index contributed by atoms with van der Waals surface area (Å²) >= 11 is 0. The van der Waals surface area contributed by atoms with E-state index in [0.717, 1.165) is 56.6 Å². The third kappa shape index (κ3) is 6.99. The summed E-state index contributed by atoms with van der Waals surface area (Å²) in [5.74, 6) is -0.932. The Kier molecular flexibility index (Phi) is 10.7. The van der Waals surface area contributed by atoms with Gasteiger partial charge in [0.15, 0.2) is 6.29 Å². The van der Waals surface area contributed by atoms with Crippen LogP contribution in [-0.4, -0.2) is 33.2 Å². The molecule has 282 valence electrons. The van der Waals surface area contributed by atoms with Crippen molar-refractivity contribution in [3.05, 3.63) is 153 Å². The highest BCUT2D eigenvalue weighted by molar-refractivity contribution is 6.04. The van der Waals surface area contributed by atoms with Gasteiger partial charge in [0.05, 0.1) is 23.7 Å². The Morgan fingerprint density at radius 1 is 0.625 bits per heavy atom. The van der Waals surface area contributed by atoms with Gasteiger partial charge >= 0.3 is 0 Å². The number of benzene rings is 4. The van der Waals surface area contributed by atoms with Crippen molar-refractivity contribution in [2.45, 2.75) is 59.2 Å². The van der Waals surface area contributed by atoms with Gasteiger partial charge < -0.3 is 15.7 Å². The summed E-state index contributed by atoms with van der Waals surface area (Å²) in [5.41, 5.74) is 11.3. The van der Waals surface area contributed by atoms with Gasteiger partial charge in [0, 0.05) is 68.9 Å². The second-order valence-corrected chi connectivity index (χ2v) is 14.3. The quantitative estimate of drug-likeness (QED) is 0.146. The van der Waals surface area contributed by atoms with E-state index in [0.29, 0.717) is 39.2 Å². The summed E-state index contributed by atoms with van der Waals surface area (Å²) in [5, 5.41) is 16.0. The van der Waals surface area contributed by atoms with Crippen LogP contribution in [-0.2, 0) is 19.7 Å². The van der Waals surface area contributed by atoms with Crippen molar-refractivity contribution in [3.8, 4) is 44.8 Å². The third-order valence-corrected chi connectivity index (χ3v) is 10.1. The van der Waals surface area contributed by atoms with E-state index in [9.17, 15) is 28.3 Å². The predicted molar refractivity (Wildman–Crippen MR) is 212 cm³/mol. The Balaban J connectivity index is 0.000000172. The number of halogens is 2. The maximum Gasteiger partial charge on any atom is 0.252 e. The molecule has 4 heterocycles. The van der Waals surface area contributed by atoms with Crippen LogP contribution in [0.4, 0.5) is 8.78 Å². The van der Waals surface area contributed by atoms with E-state index in [1.54, 1.807) is 36.4 Å². The first kappa shape index (κ1) is 37.9. The summed E-state index contributed by atoms with van der Waals surface area (Å²) in [6.45, 7) is 8.33. The number of carbonyl (C=O) groups excluding carboxylic acids is 3. The summed E-state index contributed by atoms with van der Waals surface area (Å²) in [6, 6.07) is 27.0. The van der Waals surface area contributed by atoms with Gasteiger partial charge in [-0.2, -0.15) is 0 Å². The highest BCUT2D eigenvalue weighted by Crippen LogP contribution is 2.41. The fourth-order valence-electron chi connectivity index (χ4n) is 7.54. The van der Waals surface area contributed by atoms with Gasteiger partial charge in [0.2, 0.25) is 0 Å². The smallest absolute Gasteiger partial charge is 0.252 e. The number of aliphatic hydroxyl groups excluding tert-OH is 1. The zero-order chi connectivity index (χ0) is 39.7. The number of hydrogen-bond acceptors (Lipinski definition) is 6. The number of nitrogens with one attached hydrogen (secondary N) is 2. The van der Waals surface area contributed by atoms with Crippen LogP contribution in [0.5, 0.6) is 0 Å². The van der Waals surface area contributed by atoms with Gasteiger partial charge in [-0.25, -0.2) is 8.78 Å². The van der Waals surface area contributed by atoms with Crippen molar-refractivity contribution < 1.29 is 28.3 Å². The molecule has 56 heavy (non-hydrogen) atoms. The summed E-state index contributed by atoms with van der Waals surface area (Å²) in [7, 11) is 0. The zero-order valence-electron chi connectivity index (χ0n) is 31.4. The fourth-order valence-corrected chi connectivity index (χ4v) is 7.54. The fraction of sp³-hybridized carbons (Fsp3) is 0.196. The SMILES string of the molecule is CC(C)c1nc2c(c(-c3ccc(F)cc3)c1C=O)CNC(=O)c1ccccc1-2.CC(C)c1nc2c(c(-c3ccc(F)cc3)c1CO)CNC(=O)c1ccccc1-2. The van der Waals surface area contributed by atoms with Crippen molar-refractivity contribution in [2.75, 3.05) is 0 Å². The number of aldehydes is 1. The molecular formula is C46H40F2N4O4. The molecule has 2 amide bonds. The average molecular weight is 751 g/mol. The monoisotopic (exact) mass is 750 g/mol. The molecule has 6 aromatic rings. The summed E-state index contributed by atoms with van der Waals surface area (Å²) < 4.78 is 27.0. The Hall–Kier alpha value is -6.39. The van der Waals surface area contributed by atoms with Crippen LogP contribution in [0, 0.1) is 11.6 Å². The van der Waals surface area contributed by atoms with Crippen molar-refractivity contribution in [1.82, 2.24) is 20.6 Å². The van der Waals surface area contributed by atoms with Crippen molar-refractivity contribution in [2.24, 2.45) is 0 Å². The minimum absolute atomic E-state index is 0.00349. The number of pyridine rings is 2. The van der Waals surface area contributed by atoms with Gasteiger partial charge in [-0.05, 0) is 64.9 Å². The maximum absolute atomic E-state index is 13.5. The Morgan fingerprint density at radius 3 is 1.46 bits per heavy atom. The largest absolute Gasteiger partial charge is 0.392 e. The second kappa shape index (κ2) is 15.8. The highest BCUT2D eigenvalue weighted by Gasteiger charge is 2.29. The molecule has 4 aromatic carbocycles. The van der Waals surface area contributed by atoms with Crippen molar-refractivity contribution in [1.29, 1.82) is 0 Å². The average Bonchev–Trinajstić information content (AvgIpc) is 3.44. The van der Waals surface area contributed by atoms with Crippen LogP contribution in [0.1, 0.15) is 98.7 Å². The molecule has 2 aliphatic heterocycles. The van der Waals surface area contributed by atoms with Gasteiger partial charge in [0.1, 0.15) is 11.6 Å². The first-order valence-electron chi connectivity index (χ1n) is 18.5. The molecule has 0 fully saturated rings. The molecule has 0 radical (unpaired) electrons. The zero-order valence-corrected chi connectivity index (χ0v) is 31.4. The topological polar surface area (TPSA) is 121 Å². The molecule has 8 rings (SSSR count). The lowest BCUT2D eigenvalue weighted by molar-refractivity contribution is 0.0944. The van der Waals surface area contributed by atoms with E-state index < -0.39 is 0 Å². The summed E-state index contributed by atoms with van der Waals surface area (Å²) in [4.78, 5) is 47.0. The molecule has 0 saturated carbocycles.